The maximum absolute atomic E-state index is 11.8. The van der Waals surface area contributed by atoms with Gasteiger partial charge >= 0.3 is 5.97 Å². The monoisotopic (exact) mass is 398 g/mol. The van der Waals surface area contributed by atoms with E-state index in [1.807, 2.05) is 6.07 Å². The molecule has 27 heavy (non-hydrogen) atoms. The van der Waals surface area contributed by atoms with Gasteiger partial charge in [-0.05, 0) is 25.5 Å². The maximum Gasteiger partial charge on any atom is 0.328 e. The lowest BCUT2D eigenvalue weighted by Crippen LogP contribution is -2.43. The van der Waals surface area contributed by atoms with Crippen molar-refractivity contribution < 1.29 is 32.3 Å². The molecule has 1 aromatic carbocycles. The van der Waals surface area contributed by atoms with Crippen LogP contribution in [0.5, 0.6) is 5.75 Å². The van der Waals surface area contributed by atoms with E-state index in [0.717, 1.165) is 0 Å². The molecule has 0 radical (unpaired) electrons. The van der Waals surface area contributed by atoms with Crippen LogP contribution >= 0.6 is 0 Å². The summed E-state index contributed by atoms with van der Waals surface area (Å²) in [7, 11) is -3.11. The van der Waals surface area contributed by atoms with E-state index in [1.165, 1.54) is 6.92 Å². The molecule has 2 N–H and O–H groups in total. The van der Waals surface area contributed by atoms with E-state index in [-0.39, 0.29) is 18.1 Å². The number of para-hydroxylation sites is 1. The number of amides is 2. The zero-order valence-electron chi connectivity index (χ0n) is 14.8. The minimum Gasteiger partial charge on any atom is -0.484 e. The highest BCUT2D eigenvalue weighted by atomic mass is 32.2. The number of sulfone groups is 1. The first-order chi connectivity index (χ1) is 12.7. The Morgan fingerprint density at radius 2 is 1.85 bits per heavy atom. The Hall–Kier alpha value is -2.62. The number of esters is 1. The number of ether oxygens (including phenoxy) is 2. The van der Waals surface area contributed by atoms with Gasteiger partial charge in [0.1, 0.15) is 11.8 Å². The van der Waals surface area contributed by atoms with Crippen molar-refractivity contribution in [1.82, 2.24) is 10.6 Å². The Kier molecular flexibility index (Phi) is 7.17. The Morgan fingerprint density at radius 3 is 2.48 bits per heavy atom. The molecule has 2 rings (SSSR count). The topological polar surface area (TPSA) is 128 Å². The summed E-state index contributed by atoms with van der Waals surface area (Å²) in [5.74, 6) is -1.43. The normalized spacial score (nSPS) is 18.9. The summed E-state index contributed by atoms with van der Waals surface area (Å²) in [6.07, 6.45) is 0.343. The van der Waals surface area contributed by atoms with E-state index in [4.69, 9.17) is 9.47 Å². The van der Waals surface area contributed by atoms with Gasteiger partial charge in [-0.15, -0.1) is 0 Å². The molecule has 0 spiro atoms. The van der Waals surface area contributed by atoms with Crippen LogP contribution in [-0.4, -0.2) is 63.0 Å². The van der Waals surface area contributed by atoms with Crippen molar-refractivity contribution in [3.63, 3.8) is 0 Å². The number of carbonyl (C=O) groups is 3. The summed E-state index contributed by atoms with van der Waals surface area (Å²) in [5, 5.41) is 4.91. The van der Waals surface area contributed by atoms with Crippen LogP contribution in [0.3, 0.4) is 0 Å². The van der Waals surface area contributed by atoms with Crippen molar-refractivity contribution in [2.45, 2.75) is 25.4 Å². The Balaban J connectivity index is 1.65. The maximum atomic E-state index is 11.8. The summed E-state index contributed by atoms with van der Waals surface area (Å²) in [6, 6.07) is 7.30. The average Bonchev–Trinajstić information content (AvgIpc) is 2.97. The van der Waals surface area contributed by atoms with Crippen LogP contribution in [0.15, 0.2) is 30.3 Å². The molecule has 0 aromatic heterocycles. The molecule has 10 heteroatoms. The smallest absolute Gasteiger partial charge is 0.328 e. The predicted molar refractivity (Wildman–Crippen MR) is 95.7 cm³/mol. The minimum absolute atomic E-state index is 0.0336. The Bertz CT molecular complexity index is 780. The highest BCUT2D eigenvalue weighted by Gasteiger charge is 2.29. The number of rotatable bonds is 8. The van der Waals surface area contributed by atoms with Gasteiger partial charge in [0.2, 0.25) is 0 Å². The second kappa shape index (κ2) is 9.36. The molecule has 148 valence electrons. The van der Waals surface area contributed by atoms with Crippen LogP contribution in [0, 0.1) is 0 Å². The van der Waals surface area contributed by atoms with Gasteiger partial charge in [0.25, 0.3) is 11.8 Å². The molecule has 9 nitrogen and oxygen atoms in total. The lowest BCUT2D eigenvalue weighted by atomic mass is 10.2. The van der Waals surface area contributed by atoms with Crippen LogP contribution in [0.2, 0.25) is 0 Å². The van der Waals surface area contributed by atoms with Crippen molar-refractivity contribution in [3.8, 4) is 5.75 Å². The quantitative estimate of drug-likeness (QED) is 0.561. The van der Waals surface area contributed by atoms with Crippen LogP contribution in [0.4, 0.5) is 0 Å². The zero-order chi connectivity index (χ0) is 19.9. The fourth-order valence-electron chi connectivity index (χ4n) is 2.45. The summed E-state index contributed by atoms with van der Waals surface area (Å²) < 4.78 is 32.8. The van der Waals surface area contributed by atoms with Gasteiger partial charge < -0.3 is 20.1 Å². The molecule has 0 aliphatic carbocycles. The lowest BCUT2D eigenvalue weighted by Gasteiger charge is -2.15. The van der Waals surface area contributed by atoms with E-state index in [2.05, 4.69) is 10.6 Å². The SMILES string of the molecule is C[C@H](NC(=O)COc1ccccc1)C(=O)OCC(=O)N[C@H]1CCS(=O)(=O)C1. The first kappa shape index (κ1) is 20.7. The van der Waals surface area contributed by atoms with Crippen molar-refractivity contribution in [2.24, 2.45) is 0 Å². The second-order valence-electron chi connectivity index (χ2n) is 6.17. The van der Waals surface area contributed by atoms with Gasteiger partial charge in [-0.25, -0.2) is 13.2 Å². The largest absolute Gasteiger partial charge is 0.484 e. The van der Waals surface area contributed by atoms with Crippen LogP contribution < -0.4 is 15.4 Å². The predicted octanol–water partition coefficient (Wildman–Crippen LogP) is -0.583. The number of hydrogen-bond donors (Lipinski definition) is 2. The molecular weight excluding hydrogens is 376 g/mol. The molecule has 1 fully saturated rings. The number of benzene rings is 1. The summed E-state index contributed by atoms with van der Waals surface area (Å²) in [4.78, 5) is 35.4. The standard InChI is InChI=1S/C17H22N2O7S/c1-12(18-15(20)9-25-14-5-3-2-4-6-14)17(22)26-10-16(21)19-13-7-8-27(23,24)11-13/h2-6,12-13H,7-11H2,1H3,(H,18,20)(H,19,21)/t12-,13-/m0/s1. The number of nitrogens with one attached hydrogen (secondary N) is 2. The van der Waals surface area contributed by atoms with Crippen molar-refractivity contribution in [1.29, 1.82) is 0 Å². The van der Waals surface area contributed by atoms with Crippen molar-refractivity contribution in [2.75, 3.05) is 24.7 Å². The molecular formula is C17H22N2O7S. The highest BCUT2D eigenvalue weighted by molar-refractivity contribution is 7.91. The van der Waals surface area contributed by atoms with Gasteiger partial charge in [0.15, 0.2) is 23.1 Å². The van der Waals surface area contributed by atoms with E-state index < -0.39 is 46.3 Å². The van der Waals surface area contributed by atoms with Gasteiger partial charge in [-0.3, -0.25) is 9.59 Å². The third-order valence-electron chi connectivity index (χ3n) is 3.79. The molecule has 1 aromatic rings. The minimum atomic E-state index is -3.11. The third-order valence-corrected chi connectivity index (χ3v) is 5.56. The molecule has 1 aliphatic heterocycles. The molecule has 0 saturated carbocycles. The second-order valence-corrected chi connectivity index (χ2v) is 8.39. The van der Waals surface area contributed by atoms with Gasteiger partial charge in [-0.1, -0.05) is 18.2 Å². The van der Waals surface area contributed by atoms with E-state index in [9.17, 15) is 22.8 Å². The van der Waals surface area contributed by atoms with E-state index in [0.29, 0.717) is 12.2 Å². The summed E-state index contributed by atoms with van der Waals surface area (Å²) in [5.41, 5.74) is 0. The summed E-state index contributed by atoms with van der Waals surface area (Å²) >= 11 is 0. The van der Waals surface area contributed by atoms with E-state index >= 15 is 0 Å². The summed E-state index contributed by atoms with van der Waals surface area (Å²) in [6.45, 7) is 0.610. The van der Waals surface area contributed by atoms with Crippen LogP contribution in [0.1, 0.15) is 13.3 Å². The lowest BCUT2D eigenvalue weighted by molar-refractivity contribution is -0.151. The molecule has 1 heterocycles. The van der Waals surface area contributed by atoms with E-state index in [1.54, 1.807) is 24.3 Å². The van der Waals surface area contributed by atoms with Gasteiger partial charge in [-0.2, -0.15) is 0 Å². The molecule has 1 saturated heterocycles. The van der Waals surface area contributed by atoms with Gasteiger partial charge in [0.05, 0.1) is 11.5 Å². The Morgan fingerprint density at radius 1 is 1.15 bits per heavy atom. The number of carbonyl (C=O) groups excluding carboxylic acids is 3. The molecule has 2 atom stereocenters. The number of hydrogen-bond acceptors (Lipinski definition) is 7. The first-order valence-corrected chi connectivity index (χ1v) is 10.2. The Labute approximate surface area is 157 Å². The molecule has 0 bridgehead atoms. The molecule has 2 amide bonds. The first-order valence-electron chi connectivity index (χ1n) is 8.39. The molecule has 1 aliphatic rings. The fourth-order valence-corrected chi connectivity index (χ4v) is 4.12. The van der Waals surface area contributed by atoms with Crippen molar-refractivity contribution in [3.05, 3.63) is 30.3 Å². The van der Waals surface area contributed by atoms with Gasteiger partial charge in [0, 0.05) is 6.04 Å². The van der Waals surface area contributed by atoms with Crippen LogP contribution in [0.25, 0.3) is 0 Å². The highest BCUT2D eigenvalue weighted by Crippen LogP contribution is 2.11. The molecule has 0 unspecified atom stereocenters. The zero-order valence-corrected chi connectivity index (χ0v) is 15.7. The average molecular weight is 398 g/mol. The third kappa shape index (κ3) is 7.26. The fraction of sp³-hybridized carbons (Fsp3) is 0.471. The van der Waals surface area contributed by atoms with Crippen LogP contribution in [-0.2, 0) is 29.0 Å². The van der Waals surface area contributed by atoms with Crippen molar-refractivity contribution >= 4 is 27.6 Å².